The predicted molar refractivity (Wildman–Crippen MR) is 134 cm³/mol. The average molecular weight is 495 g/mol. The summed E-state index contributed by atoms with van der Waals surface area (Å²) >= 11 is 0. The van der Waals surface area contributed by atoms with Gasteiger partial charge in [0.1, 0.15) is 17.3 Å². The average Bonchev–Trinajstić information content (AvgIpc) is 2.85. The number of fused-ring (bicyclic) bond motifs is 1. The van der Waals surface area contributed by atoms with Crippen molar-refractivity contribution in [2.45, 2.75) is 12.8 Å². The number of carboxylic acid groups (broad SMARTS) is 2. The minimum absolute atomic E-state index is 0.0241. The van der Waals surface area contributed by atoms with Gasteiger partial charge in [0.05, 0.1) is 19.0 Å². The van der Waals surface area contributed by atoms with Crippen LogP contribution in [-0.2, 0) is 16.0 Å². The molecule has 0 bridgehead atoms. The molecular formula is C26H27FN4O5. The molecule has 0 radical (unpaired) electrons. The van der Waals surface area contributed by atoms with Crippen LogP contribution >= 0.6 is 0 Å². The number of nitrogens with zero attached hydrogens (tertiary/aromatic N) is 4. The zero-order valence-electron chi connectivity index (χ0n) is 20.1. The third-order valence-electron chi connectivity index (χ3n) is 6.19. The fourth-order valence-electron chi connectivity index (χ4n) is 4.21. The molecule has 0 saturated carbocycles. The molecule has 2 heterocycles. The van der Waals surface area contributed by atoms with Crippen molar-refractivity contribution >= 4 is 40.1 Å². The Balaban J connectivity index is 1.84. The Morgan fingerprint density at radius 1 is 1.11 bits per heavy atom. The fourth-order valence-corrected chi connectivity index (χ4v) is 4.21. The molecule has 1 fully saturated rings. The number of carboxylic acids is 2. The molecule has 0 amide bonds. The summed E-state index contributed by atoms with van der Waals surface area (Å²) in [5, 5.41) is 19.4. The number of aliphatic imine (C=N–C) groups is 1. The third-order valence-corrected chi connectivity index (χ3v) is 6.19. The van der Waals surface area contributed by atoms with E-state index < -0.39 is 29.9 Å². The van der Waals surface area contributed by atoms with Crippen molar-refractivity contribution in [3.05, 3.63) is 59.4 Å². The quantitative estimate of drug-likeness (QED) is 0.458. The lowest BCUT2D eigenvalue weighted by molar-refractivity contribution is -0.137. The summed E-state index contributed by atoms with van der Waals surface area (Å²) in [6.45, 7) is 3.66. The molecule has 36 heavy (non-hydrogen) atoms. The van der Waals surface area contributed by atoms with Crippen LogP contribution in [0.1, 0.15) is 17.5 Å². The summed E-state index contributed by atoms with van der Waals surface area (Å²) in [5.41, 5.74) is 1.75. The summed E-state index contributed by atoms with van der Waals surface area (Å²) in [5.74, 6) is -2.91. The smallest absolute Gasteiger partial charge is 0.350 e. The lowest BCUT2D eigenvalue weighted by Crippen LogP contribution is -2.44. The first-order chi connectivity index (χ1) is 17.2. The largest absolute Gasteiger partial charge is 0.496 e. The van der Waals surface area contributed by atoms with E-state index >= 15 is 0 Å². The molecule has 188 valence electrons. The van der Waals surface area contributed by atoms with Gasteiger partial charge in [-0.1, -0.05) is 6.07 Å². The Morgan fingerprint density at radius 2 is 1.86 bits per heavy atom. The molecular weight excluding hydrogens is 467 g/mol. The Labute approximate surface area is 207 Å². The Kier molecular flexibility index (Phi) is 7.44. The zero-order chi connectivity index (χ0) is 25.8. The van der Waals surface area contributed by atoms with Gasteiger partial charge in [-0.05, 0) is 43.4 Å². The van der Waals surface area contributed by atoms with Crippen LogP contribution in [-0.4, -0.2) is 78.1 Å². The van der Waals surface area contributed by atoms with Crippen LogP contribution in [0.2, 0.25) is 0 Å². The topological polar surface area (TPSA) is 116 Å². The summed E-state index contributed by atoms with van der Waals surface area (Å²) in [6, 6.07) is 12.1. The highest BCUT2D eigenvalue weighted by molar-refractivity contribution is 6.39. The summed E-state index contributed by atoms with van der Waals surface area (Å²) < 4.78 is 20.1. The van der Waals surface area contributed by atoms with Crippen LogP contribution in [0.5, 0.6) is 5.75 Å². The Hall–Kier alpha value is -4.05. The molecule has 1 aliphatic heterocycles. The standard InChI is InChI=1S/C26H27FN4O5/c1-30-8-10-31(11-9-30)18-6-7-21-16(13-18)12-17(14-19-20(27)4-3-5-23(19)36-2)25(28-21)29-22(26(34)35)15-24(32)33/h3-7,12-13H,8-11,14-15H2,1-2H3,(H,32,33)(H,34,35). The molecule has 10 heteroatoms. The van der Waals surface area contributed by atoms with Gasteiger partial charge in [-0.25, -0.2) is 19.2 Å². The molecule has 9 nitrogen and oxygen atoms in total. The lowest BCUT2D eigenvalue weighted by Gasteiger charge is -2.34. The number of piperazine rings is 1. The van der Waals surface area contributed by atoms with Crippen LogP contribution in [0.3, 0.4) is 0 Å². The predicted octanol–water partition coefficient (Wildman–Crippen LogP) is 3.36. The Morgan fingerprint density at radius 3 is 2.53 bits per heavy atom. The number of halogens is 1. The number of anilines is 1. The first kappa shape index (κ1) is 25.1. The number of likely N-dealkylation sites (N-methyl/N-ethyl adjacent to an activating group) is 1. The van der Waals surface area contributed by atoms with E-state index in [1.54, 1.807) is 12.1 Å². The third kappa shape index (κ3) is 5.60. The van der Waals surface area contributed by atoms with Crippen LogP contribution in [0, 0.1) is 5.82 Å². The maximum absolute atomic E-state index is 14.8. The highest BCUT2D eigenvalue weighted by Crippen LogP contribution is 2.32. The second-order valence-corrected chi connectivity index (χ2v) is 8.67. The van der Waals surface area contributed by atoms with Gasteiger partial charge in [0, 0.05) is 54.8 Å². The maximum atomic E-state index is 14.8. The molecule has 0 aliphatic carbocycles. The highest BCUT2D eigenvalue weighted by Gasteiger charge is 2.20. The van der Waals surface area contributed by atoms with Crippen molar-refractivity contribution in [1.29, 1.82) is 0 Å². The van der Waals surface area contributed by atoms with E-state index in [0.29, 0.717) is 16.8 Å². The molecule has 4 rings (SSSR count). The summed E-state index contributed by atoms with van der Waals surface area (Å²) in [7, 11) is 3.52. The normalized spacial score (nSPS) is 14.8. The number of aromatic nitrogens is 1. The van der Waals surface area contributed by atoms with Gasteiger partial charge < -0.3 is 24.7 Å². The zero-order valence-corrected chi connectivity index (χ0v) is 20.1. The van der Waals surface area contributed by atoms with Crippen molar-refractivity contribution in [1.82, 2.24) is 9.88 Å². The van der Waals surface area contributed by atoms with Crippen molar-refractivity contribution in [2.75, 3.05) is 45.2 Å². The first-order valence-electron chi connectivity index (χ1n) is 11.5. The molecule has 1 aromatic heterocycles. The lowest BCUT2D eigenvalue weighted by atomic mass is 10.0. The first-order valence-corrected chi connectivity index (χ1v) is 11.5. The fraction of sp³-hybridized carbons (Fsp3) is 0.308. The molecule has 3 aromatic rings. The molecule has 2 N–H and O–H groups in total. The van der Waals surface area contributed by atoms with Crippen molar-refractivity contribution in [3.8, 4) is 5.75 Å². The second kappa shape index (κ2) is 10.7. The Bertz CT molecular complexity index is 1340. The van der Waals surface area contributed by atoms with Gasteiger partial charge in [0.25, 0.3) is 0 Å². The van der Waals surface area contributed by atoms with Crippen LogP contribution in [0.15, 0.2) is 47.5 Å². The van der Waals surface area contributed by atoms with E-state index in [9.17, 15) is 19.1 Å². The van der Waals surface area contributed by atoms with Gasteiger partial charge in [0.2, 0.25) is 0 Å². The maximum Gasteiger partial charge on any atom is 0.350 e. The number of carbonyl (C=O) groups is 2. The number of hydrogen-bond acceptors (Lipinski definition) is 7. The van der Waals surface area contributed by atoms with E-state index in [4.69, 9.17) is 9.84 Å². The van der Waals surface area contributed by atoms with Crippen molar-refractivity contribution in [3.63, 3.8) is 0 Å². The minimum Gasteiger partial charge on any atom is -0.496 e. The van der Waals surface area contributed by atoms with Crippen LogP contribution in [0.25, 0.3) is 10.9 Å². The molecule has 1 aliphatic rings. The van der Waals surface area contributed by atoms with E-state index in [0.717, 1.165) is 37.3 Å². The highest BCUT2D eigenvalue weighted by atomic mass is 19.1. The van der Waals surface area contributed by atoms with Crippen LogP contribution in [0.4, 0.5) is 15.9 Å². The monoisotopic (exact) mass is 494 g/mol. The molecule has 0 atom stereocenters. The number of aliphatic carboxylic acids is 2. The van der Waals surface area contributed by atoms with Crippen LogP contribution < -0.4 is 9.64 Å². The summed E-state index contributed by atoms with van der Waals surface area (Å²) in [4.78, 5) is 36.0. The van der Waals surface area contributed by atoms with Gasteiger partial charge in [-0.3, -0.25) is 4.79 Å². The van der Waals surface area contributed by atoms with Crippen molar-refractivity contribution in [2.24, 2.45) is 4.99 Å². The van der Waals surface area contributed by atoms with Gasteiger partial charge >= 0.3 is 11.9 Å². The number of ether oxygens (including phenoxy) is 1. The van der Waals surface area contributed by atoms with E-state index in [2.05, 4.69) is 26.8 Å². The number of benzene rings is 2. The summed E-state index contributed by atoms with van der Waals surface area (Å²) in [6.07, 6.45) is -0.754. The number of rotatable bonds is 8. The number of pyridine rings is 1. The van der Waals surface area contributed by atoms with Gasteiger partial charge in [-0.2, -0.15) is 0 Å². The van der Waals surface area contributed by atoms with Crippen molar-refractivity contribution < 1.29 is 28.9 Å². The molecule has 2 aromatic carbocycles. The van der Waals surface area contributed by atoms with Gasteiger partial charge in [-0.15, -0.1) is 0 Å². The molecule has 1 saturated heterocycles. The molecule has 0 unspecified atom stereocenters. The second-order valence-electron chi connectivity index (χ2n) is 8.67. The number of methoxy groups -OCH3 is 1. The van der Waals surface area contributed by atoms with E-state index in [-0.39, 0.29) is 17.8 Å². The molecule has 0 spiro atoms. The van der Waals surface area contributed by atoms with Gasteiger partial charge in [0.15, 0.2) is 5.82 Å². The van der Waals surface area contributed by atoms with E-state index in [1.807, 2.05) is 18.2 Å². The SMILES string of the molecule is COc1cccc(F)c1Cc1cc2cc(N3CCN(C)CC3)ccc2nc1N=C(CC(=O)O)C(=O)O. The van der Waals surface area contributed by atoms with E-state index in [1.165, 1.54) is 19.2 Å². The minimum atomic E-state index is -1.46. The number of hydrogen-bond donors (Lipinski definition) is 2.